The third kappa shape index (κ3) is 4.73. The van der Waals surface area contributed by atoms with Gasteiger partial charge in [-0.15, -0.1) is 0 Å². The zero-order chi connectivity index (χ0) is 17.6. The van der Waals surface area contributed by atoms with Gasteiger partial charge < -0.3 is 25.5 Å². The second-order valence-corrected chi connectivity index (χ2v) is 7.19. The highest BCUT2D eigenvalue weighted by molar-refractivity contribution is 7.16. The number of aromatic nitrogens is 1. The van der Waals surface area contributed by atoms with Gasteiger partial charge in [-0.3, -0.25) is 4.79 Å². The molecule has 0 aliphatic heterocycles. The summed E-state index contributed by atoms with van der Waals surface area (Å²) in [5, 5.41) is 15.9. The number of amides is 1. The molecule has 0 unspecified atom stereocenters. The molecule has 0 saturated heterocycles. The SMILES string of the molecule is O=C(NCCc1ccc(O)c2[nH]c(=O)sc12)OCCNC1CCCC1. The van der Waals surface area contributed by atoms with Crippen LogP contribution in [-0.4, -0.2) is 41.9 Å². The van der Waals surface area contributed by atoms with Crippen molar-refractivity contribution in [1.82, 2.24) is 15.6 Å². The molecular weight excluding hydrogens is 342 g/mol. The van der Waals surface area contributed by atoms with Crippen molar-refractivity contribution in [3.8, 4) is 5.75 Å². The molecule has 0 bridgehead atoms. The lowest BCUT2D eigenvalue weighted by Gasteiger charge is -2.12. The molecule has 2 aromatic rings. The minimum Gasteiger partial charge on any atom is -0.506 e. The van der Waals surface area contributed by atoms with Crippen LogP contribution in [0.4, 0.5) is 4.79 Å². The molecule has 0 atom stereocenters. The van der Waals surface area contributed by atoms with Gasteiger partial charge in [0.15, 0.2) is 0 Å². The topological polar surface area (TPSA) is 103 Å². The monoisotopic (exact) mass is 365 g/mol. The number of H-pyrrole nitrogens is 1. The first-order chi connectivity index (χ1) is 12.1. The zero-order valence-electron chi connectivity index (χ0n) is 14.0. The molecule has 0 radical (unpaired) electrons. The summed E-state index contributed by atoms with van der Waals surface area (Å²) in [5.41, 5.74) is 1.35. The number of alkyl carbamates (subject to hydrolysis) is 1. The Bertz CT molecular complexity index is 780. The van der Waals surface area contributed by atoms with Gasteiger partial charge >= 0.3 is 11.0 Å². The van der Waals surface area contributed by atoms with Crippen molar-refractivity contribution >= 4 is 27.6 Å². The van der Waals surface area contributed by atoms with E-state index >= 15 is 0 Å². The number of benzene rings is 1. The summed E-state index contributed by atoms with van der Waals surface area (Å²) in [6, 6.07) is 3.88. The average Bonchev–Trinajstić information content (AvgIpc) is 3.23. The lowest BCUT2D eigenvalue weighted by atomic mass is 10.1. The van der Waals surface area contributed by atoms with Gasteiger partial charge in [-0.2, -0.15) is 0 Å². The lowest BCUT2D eigenvalue weighted by Crippen LogP contribution is -2.32. The van der Waals surface area contributed by atoms with Gasteiger partial charge in [-0.1, -0.05) is 30.2 Å². The van der Waals surface area contributed by atoms with E-state index < -0.39 is 6.09 Å². The Labute approximate surface area is 149 Å². The van der Waals surface area contributed by atoms with Crippen molar-refractivity contribution in [1.29, 1.82) is 0 Å². The molecule has 4 N–H and O–H groups in total. The van der Waals surface area contributed by atoms with Crippen molar-refractivity contribution in [2.75, 3.05) is 19.7 Å². The number of fused-ring (bicyclic) bond motifs is 1. The number of rotatable bonds is 7. The molecule has 1 heterocycles. The first-order valence-corrected chi connectivity index (χ1v) is 9.43. The standard InChI is InChI=1S/C17H23N3O4S/c21-13-6-5-11(15-14(13)20-17(23)25-15)7-8-19-16(22)24-10-9-18-12-3-1-2-4-12/h5-6,12,18,21H,1-4,7-10H2,(H,19,22)(H,20,23). The number of hydrogen-bond donors (Lipinski definition) is 4. The lowest BCUT2D eigenvalue weighted by molar-refractivity contribution is 0.146. The van der Waals surface area contributed by atoms with Crippen LogP contribution < -0.4 is 15.5 Å². The summed E-state index contributed by atoms with van der Waals surface area (Å²) in [5.74, 6) is 0.0548. The number of carbonyl (C=O) groups excluding carboxylic acids is 1. The number of aromatic hydroxyl groups is 1. The maximum absolute atomic E-state index is 11.7. The summed E-state index contributed by atoms with van der Waals surface area (Å²) in [7, 11) is 0. The maximum atomic E-state index is 11.7. The van der Waals surface area contributed by atoms with Crippen LogP contribution in [0.15, 0.2) is 16.9 Å². The molecule has 3 rings (SSSR count). The molecule has 1 aliphatic rings. The van der Waals surface area contributed by atoms with E-state index in [9.17, 15) is 14.7 Å². The van der Waals surface area contributed by atoms with E-state index in [0.29, 0.717) is 37.7 Å². The Kier molecular flexibility index (Phi) is 5.93. The first kappa shape index (κ1) is 17.8. The Morgan fingerprint density at radius 3 is 2.92 bits per heavy atom. The minimum atomic E-state index is -0.439. The van der Waals surface area contributed by atoms with Crippen LogP contribution in [0.3, 0.4) is 0 Å². The summed E-state index contributed by atoms with van der Waals surface area (Å²) in [4.78, 5) is 25.6. The third-order valence-electron chi connectivity index (χ3n) is 4.43. The maximum Gasteiger partial charge on any atom is 0.407 e. The fourth-order valence-corrected chi connectivity index (χ4v) is 4.05. The number of thiazole rings is 1. The van der Waals surface area contributed by atoms with Crippen molar-refractivity contribution in [3.05, 3.63) is 27.4 Å². The third-order valence-corrected chi connectivity index (χ3v) is 5.38. The quantitative estimate of drug-likeness (QED) is 0.563. The van der Waals surface area contributed by atoms with Crippen LogP contribution in [0.25, 0.3) is 10.2 Å². The number of hydrogen-bond acceptors (Lipinski definition) is 6. The van der Waals surface area contributed by atoms with Gasteiger partial charge in [0.05, 0.1) is 4.70 Å². The van der Waals surface area contributed by atoms with Crippen LogP contribution >= 0.6 is 11.3 Å². The molecular formula is C17H23N3O4S. The molecule has 1 aromatic carbocycles. The number of phenolic OH excluding ortho intramolecular Hbond substituents is 1. The molecule has 0 spiro atoms. The van der Waals surface area contributed by atoms with Crippen molar-refractivity contribution in [3.63, 3.8) is 0 Å². The smallest absolute Gasteiger partial charge is 0.407 e. The second kappa shape index (κ2) is 8.35. The van der Waals surface area contributed by atoms with Gasteiger partial charge in [0.1, 0.15) is 17.9 Å². The molecule has 1 saturated carbocycles. The van der Waals surface area contributed by atoms with Crippen molar-refractivity contribution < 1.29 is 14.6 Å². The number of nitrogens with one attached hydrogen (secondary N) is 3. The number of aromatic amines is 1. The fraction of sp³-hybridized carbons (Fsp3) is 0.529. The predicted molar refractivity (Wildman–Crippen MR) is 97.4 cm³/mol. The van der Waals surface area contributed by atoms with Gasteiger partial charge in [0.2, 0.25) is 0 Å². The van der Waals surface area contributed by atoms with Crippen LogP contribution in [0.5, 0.6) is 5.75 Å². The second-order valence-electron chi connectivity index (χ2n) is 6.21. The largest absolute Gasteiger partial charge is 0.506 e. The first-order valence-electron chi connectivity index (χ1n) is 8.61. The van der Waals surface area contributed by atoms with Crippen LogP contribution in [-0.2, 0) is 11.2 Å². The Balaban J connectivity index is 1.39. The van der Waals surface area contributed by atoms with E-state index in [0.717, 1.165) is 21.6 Å². The average molecular weight is 365 g/mol. The summed E-state index contributed by atoms with van der Waals surface area (Å²) in [6.45, 7) is 1.43. The summed E-state index contributed by atoms with van der Waals surface area (Å²) in [6.07, 6.45) is 5.08. The van der Waals surface area contributed by atoms with E-state index in [1.54, 1.807) is 12.1 Å². The van der Waals surface area contributed by atoms with E-state index in [-0.39, 0.29) is 10.6 Å². The normalized spacial score (nSPS) is 14.9. The Morgan fingerprint density at radius 1 is 1.32 bits per heavy atom. The number of ether oxygens (including phenoxy) is 1. The molecule has 1 amide bonds. The van der Waals surface area contributed by atoms with E-state index in [4.69, 9.17) is 4.74 Å². The van der Waals surface area contributed by atoms with E-state index in [1.165, 1.54) is 25.7 Å². The minimum absolute atomic E-state index is 0.0548. The molecule has 7 nitrogen and oxygen atoms in total. The fourth-order valence-electron chi connectivity index (χ4n) is 3.16. The molecule has 25 heavy (non-hydrogen) atoms. The van der Waals surface area contributed by atoms with Crippen LogP contribution in [0, 0.1) is 0 Å². The van der Waals surface area contributed by atoms with Crippen LogP contribution in [0.1, 0.15) is 31.2 Å². The van der Waals surface area contributed by atoms with Gasteiger partial charge in [-0.25, -0.2) is 4.79 Å². The van der Waals surface area contributed by atoms with Gasteiger partial charge in [0, 0.05) is 19.1 Å². The Morgan fingerprint density at radius 2 is 2.12 bits per heavy atom. The van der Waals surface area contributed by atoms with Gasteiger partial charge in [-0.05, 0) is 30.9 Å². The highest BCUT2D eigenvalue weighted by atomic mass is 32.1. The summed E-state index contributed by atoms with van der Waals surface area (Å²) < 4.78 is 5.87. The highest BCUT2D eigenvalue weighted by Crippen LogP contribution is 2.27. The van der Waals surface area contributed by atoms with Crippen molar-refractivity contribution in [2.24, 2.45) is 0 Å². The Hall–Kier alpha value is -2.06. The molecule has 8 heteroatoms. The molecule has 1 fully saturated rings. The molecule has 136 valence electrons. The van der Waals surface area contributed by atoms with Crippen molar-refractivity contribution in [2.45, 2.75) is 38.1 Å². The molecule has 1 aromatic heterocycles. The number of carbonyl (C=O) groups is 1. The van der Waals surface area contributed by atoms with Gasteiger partial charge in [0.25, 0.3) is 0 Å². The van der Waals surface area contributed by atoms with E-state index in [1.807, 2.05) is 0 Å². The highest BCUT2D eigenvalue weighted by Gasteiger charge is 2.14. The summed E-state index contributed by atoms with van der Waals surface area (Å²) >= 11 is 1.06. The predicted octanol–water partition coefficient (Wildman–Crippen LogP) is 2.10. The number of phenols is 1. The van der Waals surface area contributed by atoms with Crippen LogP contribution in [0.2, 0.25) is 0 Å². The van der Waals surface area contributed by atoms with E-state index in [2.05, 4.69) is 15.6 Å². The molecule has 1 aliphatic carbocycles. The zero-order valence-corrected chi connectivity index (χ0v) is 14.8.